The van der Waals surface area contributed by atoms with Gasteiger partial charge in [-0.15, -0.1) is 0 Å². The van der Waals surface area contributed by atoms with E-state index in [2.05, 4.69) is 15.5 Å². The SMILES string of the molecule is CCC(C(=O)Nc1c(C)nn(Cc2cccc(OC)c2)c1C)n1nc(C)c(Cl)c1C. The maximum atomic E-state index is 13.1. The topological polar surface area (TPSA) is 74.0 Å². The van der Waals surface area contributed by atoms with Crippen LogP contribution >= 0.6 is 11.6 Å². The summed E-state index contributed by atoms with van der Waals surface area (Å²) in [5.74, 6) is 0.670. The monoisotopic (exact) mass is 429 g/mol. The molecule has 1 atom stereocenters. The average Bonchev–Trinajstić information content (AvgIpc) is 3.13. The summed E-state index contributed by atoms with van der Waals surface area (Å²) in [4.78, 5) is 13.1. The number of anilines is 1. The molecule has 0 fully saturated rings. The van der Waals surface area contributed by atoms with E-state index in [0.29, 0.717) is 18.0 Å². The highest BCUT2D eigenvalue weighted by molar-refractivity contribution is 6.31. The van der Waals surface area contributed by atoms with Gasteiger partial charge in [0.2, 0.25) is 5.91 Å². The third kappa shape index (κ3) is 4.21. The van der Waals surface area contributed by atoms with E-state index in [-0.39, 0.29) is 5.91 Å². The van der Waals surface area contributed by atoms with Crippen molar-refractivity contribution in [3.63, 3.8) is 0 Å². The van der Waals surface area contributed by atoms with Gasteiger partial charge in [0.15, 0.2) is 0 Å². The van der Waals surface area contributed by atoms with Gasteiger partial charge in [0.1, 0.15) is 11.8 Å². The first-order valence-electron chi connectivity index (χ1n) is 9.95. The first-order chi connectivity index (χ1) is 14.3. The zero-order chi connectivity index (χ0) is 22.0. The van der Waals surface area contributed by atoms with E-state index in [1.807, 2.05) is 63.6 Å². The summed E-state index contributed by atoms with van der Waals surface area (Å²) >= 11 is 6.28. The predicted octanol–water partition coefficient (Wildman–Crippen LogP) is 4.61. The third-order valence-electron chi connectivity index (χ3n) is 5.32. The van der Waals surface area contributed by atoms with Crippen molar-refractivity contribution in [2.45, 2.75) is 53.6 Å². The van der Waals surface area contributed by atoms with Gasteiger partial charge in [0, 0.05) is 0 Å². The molecule has 1 N–H and O–H groups in total. The van der Waals surface area contributed by atoms with Gasteiger partial charge in [-0.05, 0) is 51.8 Å². The standard InChI is InChI=1S/C22H28ClN5O2/c1-7-19(28-15(4)20(23)13(2)26-28)22(29)24-21-14(3)25-27(16(21)5)12-17-9-8-10-18(11-17)30-6/h8-11,19H,7,12H2,1-6H3,(H,24,29). The fraction of sp³-hybridized carbons (Fsp3) is 0.409. The second-order valence-electron chi connectivity index (χ2n) is 7.40. The number of benzene rings is 1. The lowest BCUT2D eigenvalue weighted by Gasteiger charge is -2.17. The van der Waals surface area contributed by atoms with Crippen molar-refractivity contribution < 1.29 is 9.53 Å². The molecule has 0 saturated heterocycles. The van der Waals surface area contributed by atoms with Crippen LogP contribution in [0.15, 0.2) is 24.3 Å². The Balaban J connectivity index is 1.84. The maximum Gasteiger partial charge on any atom is 0.249 e. The number of aromatic nitrogens is 4. The summed E-state index contributed by atoms with van der Waals surface area (Å²) in [5, 5.41) is 12.7. The Morgan fingerprint density at radius 3 is 2.50 bits per heavy atom. The van der Waals surface area contributed by atoms with Gasteiger partial charge in [-0.3, -0.25) is 14.2 Å². The minimum absolute atomic E-state index is 0.133. The van der Waals surface area contributed by atoms with Crippen LogP contribution in [-0.2, 0) is 11.3 Å². The van der Waals surface area contributed by atoms with Gasteiger partial charge in [0.05, 0.1) is 47.1 Å². The van der Waals surface area contributed by atoms with Crippen LogP contribution in [0, 0.1) is 27.7 Å². The van der Waals surface area contributed by atoms with Gasteiger partial charge < -0.3 is 10.1 Å². The molecule has 0 aliphatic carbocycles. The van der Waals surface area contributed by atoms with Crippen molar-refractivity contribution in [2.75, 3.05) is 12.4 Å². The zero-order valence-corrected chi connectivity index (χ0v) is 19.0. The number of ether oxygens (including phenoxy) is 1. The number of halogens is 1. The molecule has 0 aliphatic rings. The van der Waals surface area contributed by atoms with Crippen molar-refractivity contribution in [2.24, 2.45) is 0 Å². The zero-order valence-electron chi connectivity index (χ0n) is 18.3. The molecule has 2 aromatic heterocycles. The lowest BCUT2D eigenvalue weighted by molar-refractivity contribution is -0.119. The number of hydrogen-bond donors (Lipinski definition) is 1. The van der Waals surface area contributed by atoms with Crippen LogP contribution in [0.2, 0.25) is 5.02 Å². The molecule has 0 saturated carbocycles. The van der Waals surface area contributed by atoms with Crippen LogP contribution in [-0.4, -0.2) is 32.6 Å². The summed E-state index contributed by atoms with van der Waals surface area (Å²) in [5.41, 5.74) is 4.97. The third-order valence-corrected chi connectivity index (χ3v) is 5.86. The van der Waals surface area contributed by atoms with E-state index in [1.54, 1.807) is 11.8 Å². The van der Waals surface area contributed by atoms with Gasteiger partial charge in [-0.2, -0.15) is 10.2 Å². The minimum Gasteiger partial charge on any atom is -0.497 e. The molecular weight excluding hydrogens is 402 g/mol. The summed E-state index contributed by atoms with van der Waals surface area (Å²) < 4.78 is 8.90. The molecule has 3 rings (SSSR count). The summed E-state index contributed by atoms with van der Waals surface area (Å²) in [6, 6.07) is 7.42. The number of nitrogens with one attached hydrogen (secondary N) is 1. The summed E-state index contributed by atoms with van der Waals surface area (Å²) in [7, 11) is 1.65. The normalized spacial score (nSPS) is 12.1. The van der Waals surface area contributed by atoms with Gasteiger partial charge >= 0.3 is 0 Å². The highest BCUT2D eigenvalue weighted by atomic mass is 35.5. The van der Waals surface area contributed by atoms with Crippen molar-refractivity contribution in [3.8, 4) is 5.75 Å². The van der Waals surface area contributed by atoms with Crippen molar-refractivity contribution in [3.05, 3.63) is 57.6 Å². The number of rotatable bonds is 7. The average molecular weight is 430 g/mol. The molecule has 0 bridgehead atoms. The molecule has 3 aromatic rings. The lowest BCUT2D eigenvalue weighted by atomic mass is 10.2. The van der Waals surface area contributed by atoms with E-state index in [0.717, 1.165) is 39.8 Å². The smallest absolute Gasteiger partial charge is 0.249 e. The van der Waals surface area contributed by atoms with Crippen LogP contribution in [0.3, 0.4) is 0 Å². The van der Waals surface area contributed by atoms with E-state index >= 15 is 0 Å². The number of nitrogens with zero attached hydrogens (tertiary/aromatic N) is 4. The molecular formula is C22H28ClN5O2. The highest BCUT2D eigenvalue weighted by Crippen LogP contribution is 2.27. The Hall–Kier alpha value is -2.80. The van der Waals surface area contributed by atoms with Crippen LogP contribution < -0.4 is 10.1 Å². The van der Waals surface area contributed by atoms with Gasteiger partial charge in [-0.1, -0.05) is 30.7 Å². The first-order valence-corrected chi connectivity index (χ1v) is 10.3. The Kier molecular flexibility index (Phi) is 6.51. The molecule has 1 unspecified atom stereocenters. The second-order valence-corrected chi connectivity index (χ2v) is 7.78. The molecule has 8 heteroatoms. The van der Waals surface area contributed by atoms with Crippen LogP contribution in [0.4, 0.5) is 5.69 Å². The van der Waals surface area contributed by atoms with Crippen LogP contribution in [0.1, 0.15) is 47.7 Å². The lowest BCUT2D eigenvalue weighted by Crippen LogP contribution is -2.27. The number of hydrogen-bond acceptors (Lipinski definition) is 4. The Labute approximate surface area is 182 Å². The molecule has 7 nitrogen and oxygen atoms in total. The van der Waals surface area contributed by atoms with Crippen molar-refractivity contribution >= 4 is 23.2 Å². The minimum atomic E-state index is -0.447. The van der Waals surface area contributed by atoms with E-state index in [4.69, 9.17) is 16.3 Å². The van der Waals surface area contributed by atoms with Crippen molar-refractivity contribution in [1.82, 2.24) is 19.6 Å². The predicted molar refractivity (Wildman–Crippen MR) is 118 cm³/mol. The number of methoxy groups -OCH3 is 1. The first kappa shape index (κ1) is 21.9. The van der Waals surface area contributed by atoms with E-state index in [1.165, 1.54) is 0 Å². The van der Waals surface area contributed by atoms with Crippen molar-refractivity contribution in [1.29, 1.82) is 0 Å². The molecule has 1 amide bonds. The number of carbonyl (C=O) groups excluding carboxylic acids is 1. The van der Waals surface area contributed by atoms with E-state index in [9.17, 15) is 4.79 Å². The second kappa shape index (κ2) is 8.92. The van der Waals surface area contributed by atoms with Gasteiger partial charge in [-0.25, -0.2) is 0 Å². The Morgan fingerprint density at radius 2 is 1.90 bits per heavy atom. The Morgan fingerprint density at radius 1 is 1.17 bits per heavy atom. The van der Waals surface area contributed by atoms with E-state index < -0.39 is 6.04 Å². The molecule has 160 valence electrons. The number of carbonyl (C=O) groups is 1. The summed E-state index contributed by atoms with van der Waals surface area (Å²) in [6.45, 7) is 10.1. The fourth-order valence-electron chi connectivity index (χ4n) is 3.60. The van der Waals surface area contributed by atoms with Crippen LogP contribution in [0.25, 0.3) is 0 Å². The molecule has 30 heavy (non-hydrogen) atoms. The largest absolute Gasteiger partial charge is 0.497 e. The van der Waals surface area contributed by atoms with Crippen LogP contribution in [0.5, 0.6) is 5.75 Å². The van der Waals surface area contributed by atoms with Gasteiger partial charge in [0.25, 0.3) is 0 Å². The molecule has 1 aromatic carbocycles. The molecule has 2 heterocycles. The molecule has 0 spiro atoms. The number of aryl methyl sites for hydroxylation is 2. The quantitative estimate of drug-likeness (QED) is 0.595. The molecule has 0 aliphatic heterocycles. The fourth-order valence-corrected chi connectivity index (χ4v) is 3.72. The number of amides is 1. The highest BCUT2D eigenvalue weighted by Gasteiger charge is 2.25. The summed E-state index contributed by atoms with van der Waals surface area (Å²) in [6.07, 6.45) is 0.597. The maximum absolute atomic E-state index is 13.1. The Bertz CT molecular complexity index is 1070. The molecule has 0 radical (unpaired) electrons.